The zero-order chi connectivity index (χ0) is 17.6. The van der Waals surface area contributed by atoms with Crippen molar-refractivity contribution in [1.82, 2.24) is 0 Å². The Morgan fingerprint density at radius 2 is 1.48 bits per heavy atom. The number of rotatable bonds is 6. The average molecular weight is 343 g/mol. The van der Waals surface area contributed by atoms with Gasteiger partial charge >= 0.3 is 0 Å². The molecule has 1 N–H and O–H groups in total. The number of benzene rings is 2. The molecule has 0 aromatic heterocycles. The van der Waals surface area contributed by atoms with Crippen LogP contribution in [0.25, 0.3) is 0 Å². The van der Waals surface area contributed by atoms with Gasteiger partial charge in [0.05, 0.1) is 20.8 Å². The number of aliphatic hydroxyl groups is 1. The molecule has 0 radical (unpaired) electrons. The number of anilines is 2. The largest absolute Gasteiger partial charge is 0.497 e. The molecule has 1 saturated heterocycles. The molecule has 0 bridgehead atoms. The summed E-state index contributed by atoms with van der Waals surface area (Å²) in [4.78, 5) is 2.14. The fourth-order valence-corrected chi connectivity index (χ4v) is 3.22. The van der Waals surface area contributed by atoms with Gasteiger partial charge in [0.15, 0.2) is 0 Å². The number of ether oxygens (including phenoxy) is 3. The first-order valence-electron chi connectivity index (χ1n) is 8.56. The van der Waals surface area contributed by atoms with Crippen LogP contribution in [-0.4, -0.2) is 38.8 Å². The second-order valence-electron chi connectivity index (χ2n) is 6.11. The van der Waals surface area contributed by atoms with Crippen LogP contribution >= 0.6 is 0 Å². The summed E-state index contributed by atoms with van der Waals surface area (Å²) in [7, 11) is 3.31. The van der Waals surface area contributed by atoms with Crippen molar-refractivity contribution >= 4 is 11.4 Å². The summed E-state index contributed by atoms with van der Waals surface area (Å²) in [6.45, 7) is 0.803. The van der Waals surface area contributed by atoms with Crippen LogP contribution in [0.1, 0.15) is 12.8 Å². The average Bonchev–Trinajstić information content (AvgIpc) is 2.69. The van der Waals surface area contributed by atoms with Crippen LogP contribution in [0, 0.1) is 5.92 Å². The fourth-order valence-electron chi connectivity index (χ4n) is 3.22. The first-order chi connectivity index (χ1) is 12.3. The molecule has 2 aromatic rings. The van der Waals surface area contributed by atoms with E-state index < -0.39 is 0 Å². The minimum absolute atomic E-state index is 0.0675. The van der Waals surface area contributed by atoms with Gasteiger partial charge in [0, 0.05) is 23.9 Å². The number of methoxy groups -OCH3 is 2. The first-order valence-corrected chi connectivity index (χ1v) is 8.56. The molecule has 2 atom stereocenters. The van der Waals surface area contributed by atoms with Gasteiger partial charge in [0.2, 0.25) is 0 Å². The molecular formula is C20H25NO4. The molecule has 0 spiro atoms. The van der Waals surface area contributed by atoms with E-state index in [1.54, 1.807) is 14.2 Å². The van der Waals surface area contributed by atoms with Gasteiger partial charge in [-0.05, 0) is 61.4 Å². The van der Waals surface area contributed by atoms with Gasteiger partial charge in [-0.15, -0.1) is 0 Å². The van der Waals surface area contributed by atoms with Crippen molar-refractivity contribution in [3.05, 3.63) is 48.5 Å². The van der Waals surface area contributed by atoms with Gasteiger partial charge in [0.25, 0.3) is 0 Å². The molecule has 5 nitrogen and oxygen atoms in total. The molecular weight excluding hydrogens is 318 g/mol. The zero-order valence-corrected chi connectivity index (χ0v) is 14.7. The molecule has 3 rings (SSSR count). The highest BCUT2D eigenvalue weighted by molar-refractivity contribution is 5.65. The molecule has 134 valence electrons. The number of hydrogen-bond acceptors (Lipinski definition) is 5. The minimum atomic E-state index is -0.208. The monoisotopic (exact) mass is 343 g/mol. The maximum absolute atomic E-state index is 9.82. The molecule has 1 aliphatic rings. The Labute approximate surface area is 148 Å². The highest BCUT2D eigenvalue weighted by atomic mass is 16.5. The lowest BCUT2D eigenvalue weighted by Gasteiger charge is -2.40. The molecule has 0 saturated carbocycles. The van der Waals surface area contributed by atoms with E-state index in [0.717, 1.165) is 35.7 Å². The molecule has 1 fully saturated rings. The smallest absolute Gasteiger partial charge is 0.139 e. The second-order valence-corrected chi connectivity index (χ2v) is 6.11. The summed E-state index contributed by atoms with van der Waals surface area (Å²) in [6.07, 6.45) is 1.71. The molecule has 0 aliphatic carbocycles. The van der Waals surface area contributed by atoms with Gasteiger partial charge in [-0.2, -0.15) is 0 Å². The Kier molecular flexibility index (Phi) is 5.79. The third-order valence-electron chi connectivity index (χ3n) is 4.60. The van der Waals surface area contributed by atoms with E-state index in [0.29, 0.717) is 6.61 Å². The molecule has 1 aliphatic heterocycles. The van der Waals surface area contributed by atoms with Gasteiger partial charge in [0.1, 0.15) is 17.7 Å². The van der Waals surface area contributed by atoms with Crippen molar-refractivity contribution in [2.75, 3.05) is 32.3 Å². The van der Waals surface area contributed by atoms with Crippen LogP contribution in [0.5, 0.6) is 11.5 Å². The summed E-state index contributed by atoms with van der Waals surface area (Å²) in [5, 5.41) is 9.82. The third-order valence-corrected chi connectivity index (χ3v) is 4.60. The van der Waals surface area contributed by atoms with Crippen LogP contribution in [0.3, 0.4) is 0 Å². The van der Waals surface area contributed by atoms with E-state index in [-0.39, 0.29) is 18.8 Å². The Bertz CT molecular complexity index is 609. The maximum Gasteiger partial charge on any atom is 0.139 e. The minimum Gasteiger partial charge on any atom is -0.497 e. The van der Waals surface area contributed by atoms with Gasteiger partial charge in [-0.1, -0.05) is 0 Å². The number of hydrogen-bond donors (Lipinski definition) is 1. The first kappa shape index (κ1) is 17.6. The third kappa shape index (κ3) is 3.89. The summed E-state index contributed by atoms with van der Waals surface area (Å²) >= 11 is 0. The van der Waals surface area contributed by atoms with Crippen molar-refractivity contribution < 1.29 is 19.3 Å². The summed E-state index contributed by atoms with van der Waals surface area (Å²) in [5.74, 6) is 1.68. The van der Waals surface area contributed by atoms with Crippen molar-refractivity contribution in [1.29, 1.82) is 0 Å². The molecule has 5 heteroatoms. The van der Waals surface area contributed by atoms with Crippen LogP contribution < -0.4 is 14.4 Å². The molecule has 2 aromatic carbocycles. The lowest BCUT2D eigenvalue weighted by Crippen LogP contribution is -2.44. The summed E-state index contributed by atoms with van der Waals surface area (Å²) in [5.41, 5.74) is 1.99. The predicted molar refractivity (Wildman–Crippen MR) is 97.7 cm³/mol. The van der Waals surface area contributed by atoms with Crippen molar-refractivity contribution in [3.63, 3.8) is 0 Å². The molecule has 1 heterocycles. The van der Waals surface area contributed by atoms with E-state index in [2.05, 4.69) is 4.90 Å². The fraction of sp³-hybridized carbons (Fsp3) is 0.400. The second kappa shape index (κ2) is 8.23. The van der Waals surface area contributed by atoms with E-state index in [1.165, 1.54) is 0 Å². The van der Waals surface area contributed by atoms with Crippen LogP contribution in [-0.2, 0) is 4.74 Å². The van der Waals surface area contributed by atoms with E-state index in [1.807, 2.05) is 48.5 Å². The normalized spacial score (nSPS) is 20.1. The van der Waals surface area contributed by atoms with Crippen LogP contribution in [0.4, 0.5) is 11.4 Å². The van der Waals surface area contributed by atoms with Crippen molar-refractivity contribution in [2.45, 2.75) is 19.1 Å². The molecule has 25 heavy (non-hydrogen) atoms. The van der Waals surface area contributed by atoms with Crippen molar-refractivity contribution in [3.8, 4) is 11.5 Å². The Hall–Kier alpha value is -2.24. The number of aliphatic hydroxyl groups excluding tert-OH is 1. The van der Waals surface area contributed by atoms with Crippen LogP contribution in [0.2, 0.25) is 0 Å². The SMILES string of the molecule is COc1ccc(N(c2ccc(OC)cc2)C2OCCC[C@@H]2CO)cc1. The van der Waals surface area contributed by atoms with Crippen LogP contribution in [0.15, 0.2) is 48.5 Å². The van der Waals surface area contributed by atoms with E-state index in [4.69, 9.17) is 14.2 Å². The standard InChI is InChI=1S/C20H25NO4/c1-23-18-9-5-16(6-10-18)21(17-7-11-19(24-2)12-8-17)20-15(14-22)4-3-13-25-20/h5-12,15,20,22H,3-4,13-14H2,1-2H3/t15-,20?/m1/s1. The Morgan fingerprint density at radius 1 is 0.960 bits per heavy atom. The topological polar surface area (TPSA) is 51.2 Å². The Balaban J connectivity index is 1.99. The Morgan fingerprint density at radius 3 is 1.92 bits per heavy atom. The molecule has 0 amide bonds. The van der Waals surface area contributed by atoms with Gasteiger partial charge in [-0.3, -0.25) is 0 Å². The highest BCUT2D eigenvalue weighted by Gasteiger charge is 2.32. The van der Waals surface area contributed by atoms with Gasteiger partial charge in [-0.25, -0.2) is 0 Å². The van der Waals surface area contributed by atoms with E-state index in [9.17, 15) is 5.11 Å². The molecule has 1 unspecified atom stereocenters. The van der Waals surface area contributed by atoms with Gasteiger partial charge < -0.3 is 24.2 Å². The van der Waals surface area contributed by atoms with E-state index >= 15 is 0 Å². The summed E-state index contributed by atoms with van der Waals surface area (Å²) < 4.78 is 16.6. The highest BCUT2D eigenvalue weighted by Crippen LogP contribution is 2.36. The van der Waals surface area contributed by atoms with Crippen molar-refractivity contribution in [2.24, 2.45) is 5.92 Å². The lowest BCUT2D eigenvalue weighted by molar-refractivity contribution is -0.0390. The number of nitrogens with zero attached hydrogens (tertiary/aromatic N) is 1. The quantitative estimate of drug-likeness (QED) is 0.869. The maximum atomic E-state index is 9.82. The summed E-state index contributed by atoms with van der Waals surface area (Å²) in [6, 6.07) is 15.8. The zero-order valence-electron chi connectivity index (χ0n) is 14.7. The lowest BCUT2D eigenvalue weighted by atomic mass is 9.98. The predicted octanol–water partition coefficient (Wildman–Crippen LogP) is 3.59.